The molecule has 270 valence electrons. The zero-order valence-electron chi connectivity index (χ0n) is 29.8. The van der Waals surface area contributed by atoms with E-state index in [1.165, 1.54) is 6.42 Å². The van der Waals surface area contributed by atoms with Gasteiger partial charge in [-0.05, 0) is 79.0 Å². The zero-order chi connectivity index (χ0) is 35.8. The predicted octanol–water partition coefficient (Wildman–Crippen LogP) is 4.92. The van der Waals surface area contributed by atoms with E-state index in [9.17, 15) is 24.9 Å². The molecular formula is C38H54BrN3O7. The van der Waals surface area contributed by atoms with Gasteiger partial charge in [0, 0.05) is 33.1 Å². The number of rotatable bonds is 13. The van der Waals surface area contributed by atoms with Gasteiger partial charge in [0.1, 0.15) is 17.9 Å². The average Bonchev–Trinajstić information content (AvgIpc) is 3.43. The second kappa shape index (κ2) is 15.4. The molecule has 2 aromatic rings. The van der Waals surface area contributed by atoms with Crippen molar-refractivity contribution in [3.8, 4) is 16.9 Å². The number of carbonyl (C=O) groups excluding carboxylic acids is 2. The first kappa shape index (κ1) is 37.7. The van der Waals surface area contributed by atoms with E-state index in [1.807, 2.05) is 38.1 Å². The highest BCUT2D eigenvalue weighted by molar-refractivity contribution is 9.10. The summed E-state index contributed by atoms with van der Waals surface area (Å²) in [6.45, 7) is 12.3. The van der Waals surface area contributed by atoms with Gasteiger partial charge in [-0.1, -0.05) is 68.7 Å². The Morgan fingerprint density at radius 1 is 1.14 bits per heavy atom. The van der Waals surface area contributed by atoms with E-state index in [0.717, 1.165) is 23.1 Å². The lowest BCUT2D eigenvalue weighted by atomic mass is 9.45. The summed E-state index contributed by atoms with van der Waals surface area (Å²) in [5.74, 6) is 1.17. The second-order valence-corrected chi connectivity index (χ2v) is 16.4. The van der Waals surface area contributed by atoms with Crippen LogP contribution in [0.4, 0.5) is 0 Å². The third-order valence-corrected chi connectivity index (χ3v) is 11.9. The molecule has 4 aliphatic rings. The van der Waals surface area contributed by atoms with Crippen LogP contribution in [0, 0.1) is 35.0 Å². The summed E-state index contributed by atoms with van der Waals surface area (Å²) in [4.78, 5) is 33.6. The first-order chi connectivity index (χ1) is 23.2. The van der Waals surface area contributed by atoms with E-state index in [4.69, 9.17) is 9.57 Å². The molecule has 0 unspecified atom stereocenters. The molecule has 2 aromatic carbocycles. The number of aliphatic hydroxyl groups excluding tert-OH is 3. The number of hydrogen-bond donors (Lipinski definition) is 5. The fourth-order valence-electron chi connectivity index (χ4n) is 8.72. The van der Waals surface area contributed by atoms with Crippen molar-refractivity contribution >= 4 is 27.7 Å². The van der Waals surface area contributed by atoms with Crippen LogP contribution >= 0.6 is 15.9 Å². The first-order valence-electron chi connectivity index (χ1n) is 17.6. The van der Waals surface area contributed by atoms with Crippen LogP contribution in [-0.2, 0) is 16.2 Å². The predicted molar refractivity (Wildman–Crippen MR) is 191 cm³/mol. The summed E-state index contributed by atoms with van der Waals surface area (Å²) in [6.07, 6.45) is 1.12. The Bertz CT molecular complexity index is 1500. The number of nitrogens with zero attached hydrogens (tertiary/aromatic N) is 1. The van der Waals surface area contributed by atoms with E-state index in [1.54, 1.807) is 31.2 Å². The lowest BCUT2D eigenvalue weighted by molar-refractivity contribution is -0.183. The van der Waals surface area contributed by atoms with Crippen LogP contribution < -0.4 is 15.4 Å². The Kier molecular flexibility index (Phi) is 11.8. The highest BCUT2D eigenvalue weighted by atomic mass is 79.9. The number of hydrogen-bond acceptors (Lipinski definition) is 8. The zero-order valence-corrected chi connectivity index (χ0v) is 31.4. The molecule has 3 aliphatic carbocycles. The van der Waals surface area contributed by atoms with Gasteiger partial charge in [0.25, 0.3) is 5.91 Å². The Morgan fingerprint density at radius 3 is 2.47 bits per heavy atom. The van der Waals surface area contributed by atoms with Gasteiger partial charge >= 0.3 is 0 Å². The molecule has 0 spiro atoms. The van der Waals surface area contributed by atoms with Crippen molar-refractivity contribution in [2.24, 2.45) is 35.0 Å². The van der Waals surface area contributed by atoms with E-state index < -0.39 is 24.2 Å². The lowest BCUT2D eigenvalue weighted by Gasteiger charge is -2.62. The van der Waals surface area contributed by atoms with Crippen molar-refractivity contribution < 1.29 is 34.5 Å². The van der Waals surface area contributed by atoms with Crippen LogP contribution in [0.5, 0.6) is 5.75 Å². The topological polar surface area (TPSA) is 141 Å². The molecule has 0 radical (unpaired) electrons. The van der Waals surface area contributed by atoms with Crippen LogP contribution in [0.3, 0.4) is 0 Å². The largest absolute Gasteiger partial charge is 0.496 e. The van der Waals surface area contributed by atoms with Gasteiger partial charge in [0.05, 0.1) is 39.0 Å². The molecule has 1 aliphatic heterocycles. The van der Waals surface area contributed by atoms with Gasteiger partial charge in [-0.3, -0.25) is 14.4 Å². The number of carbonyl (C=O) groups is 2. The smallest absolute Gasteiger partial charge is 0.251 e. The van der Waals surface area contributed by atoms with Crippen molar-refractivity contribution in [3.05, 3.63) is 52.0 Å². The molecule has 3 saturated carbocycles. The fourth-order valence-corrected chi connectivity index (χ4v) is 9.22. The van der Waals surface area contributed by atoms with Crippen molar-refractivity contribution in [3.63, 3.8) is 0 Å². The van der Waals surface area contributed by atoms with Crippen molar-refractivity contribution in [1.29, 1.82) is 0 Å². The summed E-state index contributed by atoms with van der Waals surface area (Å²) in [7, 11) is 1.58. The Hall–Kier alpha value is -2.54. The second-order valence-electron chi connectivity index (χ2n) is 15.4. The molecule has 5 N–H and O–H groups in total. The van der Waals surface area contributed by atoms with Gasteiger partial charge in [0.15, 0.2) is 0 Å². The van der Waals surface area contributed by atoms with Crippen molar-refractivity contribution in [2.45, 2.75) is 97.7 Å². The molecule has 0 aromatic heterocycles. The molecule has 49 heavy (non-hydrogen) atoms. The van der Waals surface area contributed by atoms with Gasteiger partial charge in [-0.25, -0.2) is 0 Å². The van der Waals surface area contributed by atoms with Gasteiger partial charge in [-0.15, -0.1) is 0 Å². The number of para-hydroxylation sites is 1. The van der Waals surface area contributed by atoms with E-state index in [2.05, 4.69) is 47.3 Å². The van der Waals surface area contributed by atoms with Crippen LogP contribution in [0.2, 0.25) is 0 Å². The summed E-state index contributed by atoms with van der Waals surface area (Å²) >= 11 is 3.56. The number of hydroxylamine groups is 2. The molecule has 1 heterocycles. The number of amides is 2. The number of methoxy groups -OCH3 is 1. The van der Waals surface area contributed by atoms with E-state index in [-0.39, 0.29) is 49.1 Å². The maximum atomic E-state index is 14.1. The van der Waals surface area contributed by atoms with E-state index in [0.29, 0.717) is 45.9 Å². The minimum absolute atomic E-state index is 0.0350. The molecule has 4 fully saturated rings. The van der Waals surface area contributed by atoms with Crippen molar-refractivity contribution in [2.75, 3.05) is 20.3 Å². The summed E-state index contributed by atoms with van der Waals surface area (Å²) < 4.78 is 6.68. The fraction of sp³-hybridized carbons (Fsp3) is 0.632. The van der Waals surface area contributed by atoms with Crippen molar-refractivity contribution in [1.82, 2.24) is 15.7 Å². The molecule has 10 nitrogen and oxygen atoms in total. The maximum absolute atomic E-state index is 14.1. The van der Waals surface area contributed by atoms with Crippen LogP contribution in [0.1, 0.15) is 76.7 Å². The minimum Gasteiger partial charge on any atom is -0.496 e. The third-order valence-electron chi connectivity index (χ3n) is 11.5. The standard InChI is InChI=1S/C38H54BrN3O7/c1-20(2)11-28(18-43)40-36(46)25-12-24(13-27(39)14-25)29-10-8-9-23(35(29)48-7)17-42-34(33(22(4)45)32(19-44)49-42)37(47)41-31-16-26-15-30(21(31)3)38(26,5)6/h8-10,12-14,20-22,26,28,30-34,43-45H,11,15-19H2,1-7H3,(H,40,46)(H,41,47)/t21-,22-,26+,28-,30+,31-,32-,33+,34-/m0/s1. The lowest BCUT2D eigenvalue weighted by Crippen LogP contribution is -2.62. The van der Waals surface area contributed by atoms with Gasteiger partial charge in [-0.2, -0.15) is 5.06 Å². The number of benzene rings is 2. The quantitative estimate of drug-likeness (QED) is 0.195. The molecule has 6 rings (SSSR count). The normalized spacial score (nSPS) is 28.9. The number of ether oxygens (including phenoxy) is 1. The number of halogens is 1. The first-order valence-corrected chi connectivity index (χ1v) is 18.4. The van der Waals surface area contributed by atoms with Gasteiger partial charge < -0.3 is 30.7 Å². The molecule has 9 atom stereocenters. The highest BCUT2D eigenvalue weighted by Gasteiger charge is 2.57. The summed E-state index contributed by atoms with van der Waals surface area (Å²) in [5, 5.41) is 38.8. The molecular weight excluding hydrogens is 690 g/mol. The number of aliphatic hydroxyl groups is 3. The monoisotopic (exact) mass is 743 g/mol. The van der Waals surface area contributed by atoms with Gasteiger partial charge in [0.2, 0.25) is 5.91 Å². The Labute approximate surface area is 299 Å². The van der Waals surface area contributed by atoms with Crippen LogP contribution in [-0.4, -0.2) is 82.9 Å². The van der Waals surface area contributed by atoms with E-state index >= 15 is 0 Å². The Morgan fingerprint density at radius 2 is 1.88 bits per heavy atom. The number of fused-ring (bicyclic) bond motifs is 2. The molecule has 2 amide bonds. The Balaban J connectivity index is 1.41. The number of nitrogens with one attached hydrogen (secondary N) is 2. The molecule has 2 bridgehead atoms. The molecule has 11 heteroatoms. The summed E-state index contributed by atoms with van der Waals surface area (Å²) in [6, 6.07) is 9.96. The van der Waals surface area contributed by atoms with Crippen LogP contribution in [0.25, 0.3) is 11.1 Å². The summed E-state index contributed by atoms with van der Waals surface area (Å²) in [5.41, 5.74) is 2.92. The minimum atomic E-state index is -0.903. The SMILES string of the molecule is COc1c(CN2O[C@@H](CO)[C@@H]([C@H](C)O)[C@H]2C(=O)N[C@H]2C[C@H]3C[C@H]([C@@H]2C)C3(C)C)cccc1-c1cc(Br)cc(C(=O)N[C@H](CO)CC(C)C)c1. The molecule has 1 saturated heterocycles. The highest BCUT2D eigenvalue weighted by Crippen LogP contribution is 2.61. The third kappa shape index (κ3) is 7.72. The van der Waals surface area contributed by atoms with Crippen LogP contribution in [0.15, 0.2) is 40.9 Å². The maximum Gasteiger partial charge on any atom is 0.251 e. The average molecular weight is 745 g/mol.